The van der Waals surface area contributed by atoms with Gasteiger partial charge in [-0.2, -0.15) is 13.2 Å². The third-order valence-electron chi connectivity index (χ3n) is 1.31. The highest BCUT2D eigenvalue weighted by Gasteiger charge is 2.31. The Morgan fingerprint density at radius 3 is 2.43 bits per heavy atom. The van der Waals surface area contributed by atoms with Crippen LogP contribution in [0.4, 0.5) is 13.2 Å². The van der Waals surface area contributed by atoms with Gasteiger partial charge in [-0.05, 0) is 18.4 Å². The number of benzene rings is 1. The average Bonchev–Trinajstić information content (AvgIpc) is 2.09. The van der Waals surface area contributed by atoms with Gasteiger partial charge < -0.3 is 10.0 Å². The maximum Gasteiger partial charge on any atom is 0.488 e. The van der Waals surface area contributed by atoms with Crippen molar-refractivity contribution >= 4 is 12.6 Å². The van der Waals surface area contributed by atoms with Gasteiger partial charge in [0.25, 0.3) is 0 Å². The minimum absolute atomic E-state index is 1.18. The summed E-state index contributed by atoms with van der Waals surface area (Å²) in [6.07, 6.45) is -5.23. The van der Waals surface area contributed by atoms with Crippen LogP contribution in [0.2, 0.25) is 0 Å². The summed E-state index contributed by atoms with van der Waals surface area (Å²) in [5, 5.41) is 17.9. The summed E-state index contributed by atoms with van der Waals surface area (Å²) in [6.45, 7) is -3.23. The Labute approximate surface area is 87.6 Å². The fourth-order valence-corrected chi connectivity index (χ4v) is 0.759. The van der Waals surface area contributed by atoms with E-state index in [0.717, 1.165) is 0 Å². The van der Waals surface area contributed by atoms with Crippen molar-refractivity contribution in [3.63, 3.8) is 0 Å². The Hall–Kier alpha value is -1.01. The van der Waals surface area contributed by atoms with E-state index in [-0.39, 0.29) is 0 Å². The maximum atomic E-state index is 12.8. The van der Waals surface area contributed by atoms with Gasteiger partial charge in [0.05, 0.1) is 9.68 Å². The molecule has 0 heterocycles. The van der Waals surface area contributed by atoms with Crippen molar-refractivity contribution in [2.24, 2.45) is 0 Å². The maximum absolute atomic E-state index is 12.8. The average molecular weight is 210 g/mol. The van der Waals surface area contributed by atoms with E-state index in [1.807, 2.05) is 0 Å². The van der Waals surface area contributed by atoms with Gasteiger partial charge in [-0.1, -0.05) is 17.6 Å². The van der Waals surface area contributed by atoms with E-state index in [9.17, 15) is 13.2 Å². The smallest absolute Gasteiger partial charge is 0.423 e. The zero-order chi connectivity index (χ0) is 16.0. The molecule has 0 radical (unpaired) electrons. The van der Waals surface area contributed by atoms with Gasteiger partial charge in [-0.15, -0.1) is 0 Å². The largest absolute Gasteiger partial charge is 0.488 e. The highest BCUT2D eigenvalue weighted by Crippen LogP contribution is 2.28. The summed E-state index contributed by atoms with van der Waals surface area (Å²) >= 11 is 0. The molecule has 0 fully saturated rings. The molecule has 76 valence electrons. The van der Waals surface area contributed by atoms with E-state index >= 15 is 0 Å². The number of alkyl halides is 3. The van der Waals surface area contributed by atoms with E-state index in [4.69, 9.17) is 18.3 Å². The number of rotatable bonds is 1. The molecule has 0 unspecified atom stereocenters. The fraction of sp³-hybridized carbons (Fsp3) is 0.250. The van der Waals surface area contributed by atoms with Crippen LogP contribution in [0, 0.1) is 6.85 Å². The van der Waals surface area contributed by atoms with Gasteiger partial charge in [0, 0.05) is 4.11 Å². The second kappa shape index (κ2) is 3.63. The summed E-state index contributed by atoms with van der Waals surface area (Å²) < 4.78 is 81.6. The molecule has 1 aromatic carbocycles. The van der Waals surface area contributed by atoms with Gasteiger partial charge in [-0.3, -0.25) is 0 Å². The predicted octanol–water partition coefficient (Wildman–Crippen LogP) is 0.694. The van der Waals surface area contributed by atoms with Gasteiger partial charge in [0.15, 0.2) is 0 Å². The summed E-state index contributed by atoms with van der Waals surface area (Å²) in [4.78, 5) is 0. The van der Waals surface area contributed by atoms with Crippen molar-refractivity contribution in [1.29, 1.82) is 0 Å². The first-order chi connectivity index (χ1) is 8.80. The molecule has 0 aromatic heterocycles. The van der Waals surface area contributed by atoms with Crippen molar-refractivity contribution in [3.05, 3.63) is 29.3 Å². The highest BCUT2D eigenvalue weighted by molar-refractivity contribution is 6.58. The fourth-order valence-electron chi connectivity index (χ4n) is 0.759. The molecule has 0 aliphatic heterocycles. The Morgan fingerprint density at radius 1 is 1.36 bits per heavy atom. The molecule has 0 saturated carbocycles. The Bertz CT molecular complexity index is 501. The van der Waals surface area contributed by atoms with E-state index < -0.39 is 54.9 Å². The van der Waals surface area contributed by atoms with Gasteiger partial charge in [0.1, 0.15) is 0 Å². The zero-order valence-corrected chi connectivity index (χ0v) is 6.61. The molecular weight excluding hydrogens is 196 g/mol. The first kappa shape index (κ1) is 5.18. The number of halogens is 3. The van der Waals surface area contributed by atoms with Crippen LogP contribution in [-0.2, 0) is 6.18 Å². The quantitative estimate of drug-likeness (QED) is 0.669. The summed E-state index contributed by atoms with van der Waals surface area (Å²) in [5.41, 5.74) is -4.38. The lowest BCUT2D eigenvalue weighted by molar-refractivity contribution is -0.137. The topological polar surface area (TPSA) is 40.5 Å². The molecule has 1 aromatic rings. The van der Waals surface area contributed by atoms with Crippen molar-refractivity contribution in [2.45, 2.75) is 13.0 Å². The van der Waals surface area contributed by atoms with E-state index in [0.29, 0.717) is 0 Å². The van der Waals surface area contributed by atoms with Gasteiger partial charge in [-0.25, -0.2) is 0 Å². The number of hydrogen-bond acceptors (Lipinski definition) is 2. The van der Waals surface area contributed by atoms with Crippen molar-refractivity contribution < 1.29 is 31.4 Å². The molecule has 0 aliphatic carbocycles. The third-order valence-corrected chi connectivity index (χ3v) is 1.31. The van der Waals surface area contributed by atoms with E-state index in [1.165, 1.54) is 0 Å². The number of hydrogen-bond donors (Lipinski definition) is 2. The van der Waals surface area contributed by atoms with Crippen LogP contribution in [-0.4, -0.2) is 17.2 Å². The van der Waals surface area contributed by atoms with Crippen LogP contribution >= 0.6 is 0 Å². The molecule has 0 aliphatic rings. The standard InChI is InChI=1S/C8H8BF3O2/c1-5-2-6(8(10,11)12)4-7(3-5)9(13)14/h2-4,13-14H,1H3/i1D3,2D,3D,4D. The van der Waals surface area contributed by atoms with Crippen molar-refractivity contribution in [2.75, 3.05) is 0 Å². The van der Waals surface area contributed by atoms with Gasteiger partial charge >= 0.3 is 13.3 Å². The van der Waals surface area contributed by atoms with Crippen LogP contribution in [0.1, 0.15) is 19.4 Å². The Kier molecular flexibility index (Phi) is 1.34. The minimum atomic E-state index is -5.23. The van der Waals surface area contributed by atoms with Crippen LogP contribution in [0.15, 0.2) is 18.1 Å². The van der Waals surface area contributed by atoms with Crippen LogP contribution < -0.4 is 5.46 Å². The minimum Gasteiger partial charge on any atom is -0.423 e. The molecule has 0 bridgehead atoms. The molecule has 1 rings (SSSR count). The third kappa shape index (κ3) is 2.49. The van der Waals surface area contributed by atoms with E-state index in [1.54, 1.807) is 0 Å². The molecule has 2 nitrogen and oxygen atoms in total. The first-order valence-electron chi connectivity index (χ1n) is 6.37. The first-order valence-corrected chi connectivity index (χ1v) is 3.37. The second-order valence-corrected chi connectivity index (χ2v) is 2.41. The molecule has 0 spiro atoms. The second-order valence-electron chi connectivity index (χ2n) is 2.41. The summed E-state index contributed by atoms with van der Waals surface area (Å²) in [5.74, 6) is 0. The van der Waals surface area contributed by atoms with Crippen LogP contribution in [0.5, 0.6) is 0 Å². The lowest BCUT2D eigenvalue weighted by atomic mass is 9.78. The molecule has 0 saturated heterocycles. The predicted molar refractivity (Wildman–Crippen MR) is 46.0 cm³/mol. The van der Waals surface area contributed by atoms with Crippen LogP contribution in [0.25, 0.3) is 0 Å². The summed E-state index contributed by atoms with van der Waals surface area (Å²) in [7, 11) is -2.63. The van der Waals surface area contributed by atoms with Gasteiger partial charge in [0.2, 0.25) is 0 Å². The Morgan fingerprint density at radius 2 is 2.00 bits per heavy atom. The zero-order valence-electron chi connectivity index (χ0n) is 12.6. The highest BCUT2D eigenvalue weighted by atomic mass is 19.4. The van der Waals surface area contributed by atoms with Crippen LogP contribution in [0.3, 0.4) is 0 Å². The lowest BCUT2D eigenvalue weighted by Gasteiger charge is -2.09. The van der Waals surface area contributed by atoms with Crippen molar-refractivity contribution in [1.82, 2.24) is 0 Å². The molecule has 0 amide bonds. The lowest BCUT2D eigenvalue weighted by Crippen LogP contribution is -2.31. The summed E-state index contributed by atoms with van der Waals surface area (Å²) in [6, 6.07) is -4.20. The monoisotopic (exact) mass is 210 g/mol. The molecule has 14 heavy (non-hydrogen) atoms. The molecule has 0 atom stereocenters. The SMILES string of the molecule is [2H]c1c(B(O)O)c([2H])c(C(F)(F)F)c([2H])c1C([2H])([2H])[2H]. The molecular formula is C8H8BF3O2. The molecule has 6 heteroatoms. The normalized spacial score (nSPS) is 18.6. The Balaban J connectivity index is 3.95. The molecule has 2 N–H and O–H groups in total. The van der Waals surface area contributed by atoms with Crippen molar-refractivity contribution in [3.8, 4) is 0 Å². The van der Waals surface area contributed by atoms with E-state index in [2.05, 4.69) is 0 Å².